The minimum Gasteiger partial charge on any atom is -0.478 e. The van der Waals surface area contributed by atoms with Crippen molar-refractivity contribution in [2.75, 3.05) is 12.4 Å². The van der Waals surface area contributed by atoms with Gasteiger partial charge in [0.15, 0.2) is 0 Å². The average Bonchev–Trinajstić information content (AvgIpc) is 2.97. The van der Waals surface area contributed by atoms with Crippen molar-refractivity contribution < 1.29 is 19.4 Å². The number of aromatic carboxylic acids is 1. The van der Waals surface area contributed by atoms with Crippen molar-refractivity contribution in [3.8, 4) is 0 Å². The van der Waals surface area contributed by atoms with Crippen molar-refractivity contribution in [1.82, 2.24) is 4.98 Å². The molecule has 2 N–H and O–H groups in total. The minimum atomic E-state index is -1.06. The first-order chi connectivity index (χ1) is 11.2. The van der Waals surface area contributed by atoms with E-state index in [1.807, 2.05) is 20.8 Å². The number of anilines is 1. The molecule has 0 saturated heterocycles. The van der Waals surface area contributed by atoms with Crippen LogP contribution in [0.3, 0.4) is 0 Å². The van der Waals surface area contributed by atoms with E-state index >= 15 is 0 Å². The number of carbonyl (C=O) groups is 2. The van der Waals surface area contributed by atoms with Gasteiger partial charge >= 0.3 is 5.97 Å². The van der Waals surface area contributed by atoms with Crippen LogP contribution in [0.2, 0.25) is 0 Å². The second kappa shape index (κ2) is 7.11. The third-order valence-corrected chi connectivity index (χ3v) is 4.12. The Kier molecular flexibility index (Phi) is 5.36. The fourth-order valence-corrected chi connectivity index (χ4v) is 3.16. The first-order valence-electron chi connectivity index (χ1n) is 7.34. The zero-order chi connectivity index (χ0) is 17.9. The number of rotatable bonds is 5. The Hall–Kier alpha value is -2.25. The Morgan fingerprint density at radius 1 is 1.29 bits per heavy atom. The van der Waals surface area contributed by atoms with Crippen LogP contribution in [-0.4, -0.2) is 29.1 Å². The molecule has 0 atom stereocenters. The van der Waals surface area contributed by atoms with E-state index in [9.17, 15) is 14.7 Å². The Morgan fingerprint density at radius 2 is 2.00 bits per heavy atom. The van der Waals surface area contributed by atoms with Gasteiger partial charge < -0.3 is 15.2 Å². The summed E-state index contributed by atoms with van der Waals surface area (Å²) in [6.07, 6.45) is 0. The normalized spacial score (nSPS) is 11.3. The molecule has 128 valence electrons. The van der Waals surface area contributed by atoms with E-state index < -0.39 is 5.97 Å². The van der Waals surface area contributed by atoms with E-state index in [2.05, 4.69) is 10.3 Å². The maximum Gasteiger partial charge on any atom is 0.335 e. The Bertz CT molecular complexity index is 762. The van der Waals surface area contributed by atoms with Gasteiger partial charge in [-0.05, 0) is 23.8 Å². The molecule has 1 aromatic heterocycles. The molecule has 0 unspecified atom stereocenters. The van der Waals surface area contributed by atoms with E-state index in [-0.39, 0.29) is 23.5 Å². The predicted octanol–water partition coefficient (Wildman–Crippen LogP) is 3.54. The summed E-state index contributed by atoms with van der Waals surface area (Å²) in [5.41, 5.74) is 3.29. The van der Waals surface area contributed by atoms with Crippen molar-refractivity contribution in [3.05, 3.63) is 45.4 Å². The van der Waals surface area contributed by atoms with Gasteiger partial charge in [-0.3, -0.25) is 4.79 Å². The summed E-state index contributed by atoms with van der Waals surface area (Å²) in [5.74, 6) is -1.36. The van der Waals surface area contributed by atoms with Gasteiger partial charge in [0, 0.05) is 18.2 Å². The standard InChI is InChI=1S/C17H20N2O4S/c1-17(2,3)14-13(24-9-18-14)15(20)19-12-6-10(8-23-4)5-11(7-12)16(21)22/h5-7,9H,8H2,1-4H3,(H,19,20)(H,21,22). The highest BCUT2D eigenvalue weighted by Gasteiger charge is 2.25. The largest absolute Gasteiger partial charge is 0.478 e. The summed E-state index contributed by atoms with van der Waals surface area (Å²) in [5, 5.41) is 12.0. The number of benzene rings is 1. The lowest BCUT2D eigenvalue weighted by Crippen LogP contribution is -2.20. The SMILES string of the molecule is COCc1cc(NC(=O)c2scnc2C(C)(C)C)cc(C(=O)O)c1. The maximum atomic E-state index is 12.6. The summed E-state index contributed by atoms with van der Waals surface area (Å²) in [6, 6.07) is 4.65. The summed E-state index contributed by atoms with van der Waals surface area (Å²) in [6.45, 7) is 6.22. The van der Waals surface area contributed by atoms with Crippen LogP contribution in [0.4, 0.5) is 5.69 Å². The quantitative estimate of drug-likeness (QED) is 0.863. The van der Waals surface area contributed by atoms with Gasteiger partial charge in [0.2, 0.25) is 0 Å². The van der Waals surface area contributed by atoms with Gasteiger partial charge in [0.1, 0.15) is 4.88 Å². The van der Waals surface area contributed by atoms with Crippen molar-refractivity contribution in [1.29, 1.82) is 0 Å². The molecule has 0 aliphatic rings. The number of carboxylic acids is 1. The number of thiazole rings is 1. The zero-order valence-corrected chi connectivity index (χ0v) is 14.9. The van der Waals surface area contributed by atoms with Crippen LogP contribution in [0.15, 0.2) is 23.7 Å². The molecule has 0 fully saturated rings. The van der Waals surface area contributed by atoms with Gasteiger partial charge in [-0.1, -0.05) is 20.8 Å². The second-order valence-electron chi connectivity index (χ2n) is 6.39. The number of hydrogen-bond donors (Lipinski definition) is 2. The monoisotopic (exact) mass is 348 g/mol. The smallest absolute Gasteiger partial charge is 0.335 e. The molecule has 0 aliphatic carbocycles. The van der Waals surface area contributed by atoms with Crippen LogP contribution in [0.5, 0.6) is 0 Å². The summed E-state index contributed by atoms with van der Waals surface area (Å²) in [4.78, 5) is 28.6. The Morgan fingerprint density at radius 3 is 2.58 bits per heavy atom. The third-order valence-electron chi connectivity index (χ3n) is 3.29. The topological polar surface area (TPSA) is 88.5 Å². The fourth-order valence-electron chi connectivity index (χ4n) is 2.27. The second-order valence-corrected chi connectivity index (χ2v) is 7.25. The minimum absolute atomic E-state index is 0.0974. The fraction of sp³-hybridized carbons (Fsp3) is 0.353. The third kappa shape index (κ3) is 4.18. The number of ether oxygens (including phenoxy) is 1. The van der Waals surface area contributed by atoms with Crippen molar-refractivity contribution in [3.63, 3.8) is 0 Å². The Labute approximate surface area is 144 Å². The molecular weight excluding hydrogens is 328 g/mol. The highest BCUT2D eigenvalue weighted by molar-refractivity contribution is 7.12. The molecule has 2 rings (SSSR count). The number of carbonyl (C=O) groups excluding carboxylic acids is 1. The molecule has 2 aromatic rings. The maximum absolute atomic E-state index is 12.6. The number of nitrogens with one attached hydrogen (secondary N) is 1. The molecule has 24 heavy (non-hydrogen) atoms. The summed E-state index contributed by atoms with van der Waals surface area (Å²) >= 11 is 1.26. The molecule has 1 amide bonds. The van der Waals surface area contributed by atoms with Crippen molar-refractivity contribution >= 4 is 28.9 Å². The number of aromatic nitrogens is 1. The number of methoxy groups -OCH3 is 1. The average molecular weight is 348 g/mol. The lowest BCUT2D eigenvalue weighted by atomic mass is 9.91. The molecule has 1 aromatic carbocycles. The van der Waals surface area contributed by atoms with Crippen LogP contribution >= 0.6 is 11.3 Å². The van der Waals surface area contributed by atoms with Crippen LogP contribution in [0.1, 0.15) is 52.1 Å². The zero-order valence-electron chi connectivity index (χ0n) is 14.0. The molecule has 7 heteroatoms. The molecule has 0 bridgehead atoms. The van der Waals surface area contributed by atoms with Gasteiger partial charge in [-0.2, -0.15) is 0 Å². The van der Waals surface area contributed by atoms with Gasteiger partial charge in [0.25, 0.3) is 5.91 Å². The first-order valence-corrected chi connectivity index (χ1v) is 8.22. The number of hydrogen-bond acceptors (Lipinski definition) is 5. The Balaban J connectivity index is 2.32. The van der Waals surface area contributed by atoms with Crippen molar-refractivity contribution in [2.24, 2.45) is 0 Å². The molecule has 0 radical (unpaired) electrons. The lowest BCUT2D eigenvalue weighted by Gasteiger charge is -2.17. The van der Waals surface area contributed by atoms with Crippen LogP contribution in [0, 0.1) is 0 Å². The number of nitrogens with zero attached hydrogens (tertiary/aromatic N) is 1. The summed E-state index contributed by atoms with van der Waals surface area (Å²) in [7, 11) is 1.53. The highest BCUT2D eigenvalue weighted by Crippen LogP contribution is 2.28. The summed E-state index contributed by atoms with van der Waals surface area (Å²) < 4.78 is 5.05. The van der Waals surface area contributed by atoms with E-state index in [4.69, 9.17) is 4.74 Å². The van der Waals surface area contributed by atoms with Gasteiger partial charge in [-0.15, -0.1) is 11.3 Å². The van der Waals surface area contributed by atoms with Crippen LogP contribution < -0.4 is 5.32 Å². The highest BCUT2D eigenvalue weighted by atomic mass is 32.1. The van der Waals surface area contributed by atoms with E-state index in [0.29, 0.717) is 16.1 Å². The molecule has 0 spiro atoms. The molecule has 0 aliphatic heterocycles. The lowest BCUT2D eigenvalue weighted by molar-refractivity contribution is 0.0696. The van der Waals surface area contributed by atoms with Crippen LogP contribution in [-0.2, 0) is 16.8 Å². The van der Waals surface area contributed by atoms with E-state index in [1.54, 1.807) is 11.6 Å². The van der Waals surface area contributed by atoms with Crippen molar-refractivity contribution in [2.45, 2.75) is 32.8 Å². The molecular formula is C17H20N2O4S. The predicted molar refractivity (Wildman–Crippen MR) is 92.9 cm³/mol. The van der Waals surface area contributed by atoms with Crippen LogP contribution in [0.25, 0.3) is 0 Å². The van der Waals surface area contributed by atoms with Gasteiger partial charge in [-0.25, -0.2) is 9.78 Å². The van der Waals surface area contributed by atoms with E-state index in [1.165, 1.54) is 30.6 Å². The first kappa shape index (κ1) is 18.1. The molecule has 1 heterocycles. The van der Waals surface area contributed by atoms with E-state index in [0.717, 1.165) is 5.69 Å². The number of amides is 1. The molecule has 0 saturated carbocycles. The molecule has 6 nitrogen and oxygen atoms in total. The number of carboxylic acid groups (broad SMARTS) is 1. The van der Waals surface area contributed by atoms with Gasteiger partial charge in [0.05, 0.1) is 23.4 Å².